The third-order valence-electron chi connectivity index (χ3n) is 5.05. The Morgan fingerprint density at radius 1 is 1.04 bits per heavy atom. The number of carbonyl (C=O) groups is 2. The van der Waals surface area contributed by atoms with Crippen LogP contribution in [0.15, 0.2) is 34.4 Å². The van der Waals surface area contributed by atoms with Crippen molar-refractivity contribution >= 4 is 23.2 Å². The summed E-state index contributed by atoms with van der Waals surface area (Å²) in [5, 5.41) is 1.81. The van der Waals surface area contributed by atoms with E-state index < -0.39 is 0 Å². The number of amides is 2. The maximum atomic E-state index is 12.6. The Bertz CT molecular complexity index is 861. The summed E-state index contributed by atoms with van der Waals surface area (Å²) in [5.74, 6) is 0.0529. The number of thiazole rings is 1. The van der Waals surface area contributed by atoms with Crippen LogP contribution in [0.1, 0.15) is 35.0 Å². The summed E-state index contributed by atoms with van der Waals surface area (Å²) < 4.78 is 1.64. The normalized spacial score (nSPS) is 14.4. The molecule has 1 aromatic carbocycles. The largest absolute Gasteiger partial charge is 0.339 e. The fourth-order valence-corrected chi connectivity index (χ4v) is 4.03. The average Bonchev–Trinajstić information content (AvgIpc) is 3.03. The van der Waals surface area contributed by atoms with Crippen LogP contribution in [0.2, 0.25) is 0 Å². The van der Waals surface area contributed by atoms with Crippen molar-refractivity contribution in [1.82, 2.24) is 14.4 Å². The molecule has 0 spiro atoms. The van der Waals surface area contributed by atoms with Crippen LogP contribution in [0.5, 0.6) is 0 Å². The van der Waals surface area contributed by atoms with Crippen molar-refractivity contribution in [3.05, 3.63) is 56.1 Å². The molecule has 27 heavy (non-hydrogen) atoms. The number of aromatic nitrogens is 1. The molecule has 0 radical (unpaired) electrons. The molecule has 3 rings (SSSR count). The van der Waals surface area contributed by atoms with Crippen LogP contribution in [0.4, 0.5) is 0 Å². The molecule has 0 aliphatic carbocycles. The fourth-order valence-electron chi connectivity index (χ4n) is 3.26. The summed E-state index contributed by atoms with van der Waals surface area (Å²) in [5.41, 5.74) is 2.79. The molecular weight excluding hydrogens is 362 g/mol. The number of nitrogens with zero attached hydrogens (tertiary/aromatic N) is 3. The van der Waals surface area contributed by atoms with Crippen LogP contribution in [-0.2, 0) is 17.8 Å². The maximum Gasteiger partial charge on any atom is 0.307 e. The fraction of sp³-hybridized carbons (Fsp3) is 0.450. The Morgan fingerprint density at radius 3 is 2.22 bits per heavy atom. The maximum absolute atomic E-state index is 12.6. The molecule has 0 N–H and O–H groups in total. The number of rotatable bonds is 5. The van der Waals surface area contributed by atoms with Gasteiger partial charge in [0.15, 0.2) is 0 Å². The third kappa shape index (κ3) is 4.47. The molecule has 1 aromatic heterocycles. The van der Waals surface area contributed by atoms with Crippen molar-refractivity contribution in [2.75, 3.05) is 26.2 Å². The van der Waals surface area contributed by atoms with E-state index in [-0.39, 0.29) is 16.7 Å². The van der Waals surface area contributed by atoms with E-state index in [0.717, 1.165) is 23.5 Å². The highest BCUT2D eigenvalue weighted by Gasteiger charge is 2.24. The molecule has 0 atom stereocenters. The van der Waals surface area contributed by atoms with Gasteiger partial charge in [0.05, 0.1) is 0 Å². The number of carbonyl (C=O) groups excluding carboxylic acids is 2. The second-order valence-electron chi connectivity index (χ2n) is 6.77. The van der Waals surface area contributed by atoms with Crippen molar-refractivity contribution < 1.29 is 9.59 Å². The molecular formula is C20H25N3O3S. The molecule has 1 aliphatic heterocycles. The van der Waals surface area contributed by atoms with E-state index in [4.69, 9.17) is 0 Å². The molecule has 1 saturated heterocycles. The Balaban J connectivity index is 1.51. The predicted octanol–water partition coefficient (Wildman–Crippen LogP) is 2.16. The zero-order valence-corrected chi connectivity index (χ0v) is 16.6. The van der Waals surface area contributed by atoms with E-state index in [2.05, 4.69) is 6.92 Å². The molecule has 0 saturated carbocycles. The SMILES string of the molecule is CCc1ccc(C(=O)N2CCN(C(=O)CCn3c(C)csc3=O)CC2)cc1. The lowest BCUT2D eigenvalue weighted by atomic mass is 10.1. The first-order valence-electron chi connectivity index (χ1n) is 9.30. The zero-order chi connectivity index (χ0) is 19.4. The van der Waals surface area contributed by atoms with E-state index >= 15 is 0 Å². The van der Waals surface area contributed by atoms with Crippen molar-refractivity contribution in [2.24, 2.45) is 0 Å². The van der Waals surface area contributed by atoms with Gasteiger partial charge in [-0.1, -0.05) is 30.4 Å². The second kappa shape index (κ2) is 8.52. The van der Waals surface area contributed by atoms with Crippen LogP contribution in [-0.4, -0.2) is 52.4 Å². The first-order valence-corrected chi connectivity index (χ1v) is 10.2. The first-order chi connectivity index (χ1) is 13.0. The van der Waals surface area contributed by atoms with Crippen LogP contribution >= 0.6 is 11.3 Å². The summed E-state index contributed by atoms with van der Waals surface area (Å²) in [4.78, 5) is 40.4. The van der Waals surface area contributed by atoms with Crippen LogP contribution in [0.3, 0.4) is 0 Å². The highest BCUT2D eigenvalue weighted by Crippen LogP contribution is 2.12. The lowest BCUT2D eigenvalue weighted by Gasteiger charge is -2.35. The van der Waals surface area contributed by atoms with E-state index in [0.29, 0.717) is 44.7 Å². The zero-order valence-electron chi connectivity index (χ0n) is 15.8. The van der Waals surface area contributed by atoms with E-state index in [9.17, 15) is 14.4 Å². The van der Waals surface area contributed by atoms with E-state index in [1.807, 2.05) is 36.6 Å². The summed E-state index contributed by atoms with van der Waals surface area (Å²) in [6, 6.07) is 7.72. The lowest BCUT2D eigenvalue weighted by molar-refractivity contribution is -0.132. The third-order valence-corrected chi connectivity index (χ3v) is 5.94. The molecule has 1 aliphatic rings. The van der Waals surface area contributed by atoms with Crippen molar-refractivity contribution in [2.45, 2.75) is 33.2 Å². The minimum Gasteiger partial charge on any atom is -0.339 e. The Kier molecular flexibility index (Phi) is 6.11. The van der Waals surface area contributed by atoms with Gasteiger partial charge in [-0.2, -0.15) is 0 Å². The Morgan fingerprint density at radius 2 is 1.67 bits per heavy atom. The summed E-state index contributed by atoms with van der Waals surface area (Å²) in [6.45, 7) is 6.53. The number of benzene rings is 1. The molecule has 1 fully saturated rings. The van der Waals surface area contributed by atoms with Gasteiger partial charge in [0.25, 0.3) is 5.91 Å². The van der Waals surface area contributed by atoms with E-state index in [1.165, 1.54) is 5.56 Å². The van der Waals surface area contributed by atoms with Gasteiger partial charge in [-0.25, -0.2) is 0 Å². The monoisotopic (exact) mass is 387 g/mol. The highest BCUT2D eigenvalue weighted by atomic mass is 32.1. The van der Waals surface area contributed by atoms with Gasteiger partial charge in [-0.05, 0) is 31.0 Å². The highest BCUT2D eigenvalue weighted by molar-refractivity contribution is 7.07. The van der Waals surface area contributed by atoms with Gasteiger partial charge >= 0.3 is 4.87 Å². The Labute approximate surface area is 163 Å². The molecule has 0 unspecified atom stereocenters. The first kappa shape index (κ1) is 19.4. The molecule has 2 amide bonds. The minimum absolute atomic E-state index is 0.0187. The molecule has 144 valence electrons. The second-order valence-corrected chi connectivity index (χ2v) is 7.59. The molecule has 6 nitrogen and oxygen atoms in total. The van der Waals surface area contributed by atoms with Gasteiger partial charge in [-0.3, -0.25) is 14.4 Å². The predicted molar refractivity (Wildman–Crippen MR) is 106 cm³/mol. The lowest BCUT2D eigenvalue weighted by Crippen LogP contribution is -2.50. The van der Waals surface area contributed by atoms with Gasteiger partial charge in [0.2, 0.25) is 5.91 Å². The van der Waals surface area contributed by atoms with Crippen LogP contribution in [0, 0.1) is 6.92 Å². The topological polar surface area (TPSA) is 62.6 Å². The molecule has 2 heterocycles. The Hall–Kier alpha value is -2.41. The van der Waals surface area contributed by atoms with E-state index in [1.54, 1.807) is 14.4 Å². The molecule has 0 bridgehead atoms. The quantitative estimate of drug-likeness (QED) is 0.790. The number of hydrogen-bond acceptors (Lipinski definition) is 4. The van der Waals surface area contributed by atoms with Crippen LogP contribution < -0.4 is 4.87 Å². The standard InChI is InChI=1S/C20H25N3O3S/c1-3-16-4-6-17(7-5-16)19(25)22-12-10-21(11-13-22)18(24)8-9-23-15(2)14-27-20(23)26/h4-7,14H,3,8-13H2,1-2H3. The summed E-state index contributed by atoms with van der Waals surface area (Å²) >= 11 is 1.16. The van der Waals surface area contributed by atoms with Gasteiger partial charge < -0.3 is 14.4 Å². The van der Waals surface area contributed by atoms with Crippen molar-refractivity contribution in [3.8, 4) is 0 Å². The van der Waals surface area contributed by atoms with Crippen molar-refractivity contribution in [1.29, 1.82) is 0 Å². The number of aryl methyl sites for hydroxylation is 2. The van der Waals surface area contributed by atoms with Gasteiger partial charge in [0.1, 0.15) is 0 Å². The van der Waals surface area contributed by atoms with Gasteiger partial charge in [0, 0.05) is 55.8 Å². The molecule has 2 aromatic rings. The minimum atomic E-state index is -0.0233. The van der Waals surface area contributed by atoms with Crippen molar-refractivity contribution in [3.63, 3.8) is 0 Å². The van der Waals surface area contributed by atoms with Gasteiger partial charge in [-0.15, -0.1) is 0 Å². The number of hydrogen-bond donors (Lipinski definition) is 0. The van der Waals surface area contributed by atoms with Crippen LogP contribution in [0.25, 0.3) is 0 Å². The average molecular weight is 388 g/mol. The smallest absolute Gasteiger partial charge is 0.307 e. The summed E-state index contributed by atoms with van der Waals surface area (Å²) in [7, 11) is 0. The molecule has 7 heteroatoms. The summed E-state index contributed by atoms with van der Waals surface area (Å²) in [6.07, 6.45) is 1.26. The number of piperazine rings is 1.